The fourth-order valence-electron chi connectivity index (χ4n) is 4.32. The van der Waals surface area contributed by atoms with Gasteiger partial charge in [-0.1, -0.05) is 35.3 Å². The summed E-state index contributed by atoms with van der Waals surface area (Å²) in [7, 11) is 0. The van der Waals surface area contributed by atoms with Crippen molar-refractivity contribution < 1.29 is 31.1 Å². The van der Waals surface area contributed by atoms with Gasteiger partial charge in [0.05, 0.1) is 23.8 Å². The third-order valence-electron chi connectivity index (χ3n) is 6.79. The van der Waals surface area contributed by atoms with Crippen molar-refractivity contribution in [2.24, 2.45) is 5.41 Å². The fraction of sp³-hybridized carbons (Fsp3) is 0.320. The van der Waals surface area contributed by atoms with Crippen molar-refractivity contribution >= 4 is 29.1 Å². The molecule has 0 aliphatic heterocycles. The Kier molecular flexibility index (Phi) is 7.60. The first kappa shape index (κ1) is 29.6. The molecule has 0 saturated heterocycles. The Morgan fingerprint density at radius 2 is 1.74 bits per heavy atom. The Bertz CT molecular complexity index is 1670. The average molecular weight is 634 g/mol. The lowest BCUT2D eigenvalue weighted by Crippen LogP contribution is -2.53. The van der Waals surface area contributed by atoms with Crippen LogP contribution in [0.2, 0.25) is 10.0 Å². The third kappa shape index (κ3) is 5.75. The quantitative estimate of drug-likeness (QED) is 0.274. The molecule has 1 aliphatic rings. The molecular weight excluding hydrogens is 615 g/mol. The molecule has 5 rings (SSSR count). The lowest BCUT2D eigenvalue weighted by atomic mass is 10.0. The van der Waals surface area contributed by atoms with E-state index in [0.717, 1.165) is 9.13 Å². The molecule has 1 saturated carbocycles. The van der Waals surface area contributed by atoms with Crippen molar-refractivity contribution in [1.82, 2.24) is 34.2 Å². The smallest absolute Gasteiger partial charge is 0.342 e. The van der Waals surface area contributed by atoms with Gasteiger partial charge in [0.2, 0.25) is 5.91 Å². The predicted octanol–water partition coefficient (Wildman–Crippen LogP) is 5.04. The first-order valence-electron chi connectivity index (χ1n) is 12.2. The van der Waals surface area contributed by atoms with Crippen molar-refractivity contribution in [2.45, 2.75) is 44.3 Å². The molecule has 42 heavy (non-hydrogen) atoms. The van der Waals surface area contributed by atoms with Crippen LogP contribution in [0.1, 0.15) is 18.7 Å². The summed E-state index contributed by atoms with van der Waals surface area (Å²) in [5.41, 5.74) is -3.56. The highest BCUT2D eigenvalue weighted by molar-refractivity contribution is 6.32. The Balaban J connectivity index is 1.50. The van der Waals surface area contributed by atoms with Crippen molar-refractivity contribution in [2.75, 3.05) is 0 Å². The minimum atomic E-state index is -5.18. The largest absolute Gasteiger partial charge is 0.410 e. The second-order valence-corrected chi connectivity index (χ2v) is 10.4. The van der Waals surface area contributed by atoms with Gasteiger partial charge in [-0.3, -0.25) is 13.9 Å². The van der Waals surface area contributed by atoms with Crippen LogP contribution in [0.4, 0.5) is 26.3 Å². The molecule has 3 aromatic heterocycles. The summed E-state index contributed by atoms with van der Waals surface area (Å²) in [5, 5.41) is 6.30. The van der Waals surface area contributed by atoms with Crippen LogP contribution in [0.3, 0.4) is 0 Å². The number of carbonyl (C=O) groups is 1. The first-order valence-corrected chi connectivity index (χ1v) is 13.0. The van der Waals surface area contributed by atoms with Crippen LogP contribution in [0, 0.1) is 5.41 Å². The van der Waals surface area contributed by atoms with Gasteiger partial charge in [-0.25, -0.2) is 19.4 Å². The number of hydrogen-bond donors (Lipinski definition) is 1. The number of aromatic nitrogens is 6. The van der Waals surface area contributed by atoms with E-state index in [1.807, 2.05) is 0 Å². The summed E-state index contributed by atoms with van der Waals surface area (Å²) in [6, 6.07) is 6.19. The number of rotatable bonds is 8. The SMILES string of the molecule is O=C(NC(Cn1c(-c2ccc(Cl)cc2)cn(Cc2ncn(-c3ncccc3Cl)n2)c1=O)C(F)(F)F)C1(C(F)(F)F)CC1. The van der Waals surface area contributed by atoms with E-state index in [-0.39, 0.29) is 34.5 Å². The molecule has 1 atom stereocenters. The molecular formula is C25H19Cl2F6N7O2. The van der Waals surface area contributed by atoms with Crippen LogP contribution < -0.4 is 11.0 Å². The maximum atomic E-state index is 14.1. The van der Waals surface area contributed by atoms with Crippen LogP contribution in [0.5, 0.6) is 0 Å². The van der Waals surface area contributed by atoms with Crippen LogP contribution >= 0.6 is 23.2 Å². The van der Waals surface area contributed by atoms with Crippen molar-refractivity contribution in [3.63, 3.8) is 0 Å². The average Bonchev–Trinajstić information content (AvgIpc) is 3.55. The van der Waals surface area contributed by atoms with Gasteiger partial charge in [-0.15, -0.1) is 5.10 Å². The van der Waals surface area contributed by atoms with Crippen LogP contribution in [0.15, 0.2) is 59.9 Å². The number of pyridine rings is 1. The van der Waals surface area contributed by atoms with E-state index in [1.165, 1.54) is 53.0 Å². The lowest BCUT2D eigenvalue weighted by Gasteiger charge is -2.26. The third-order valence-corrected chi connectivity index (χ3v) is 7.33. The van der Waals surface area contributed by atoms with Gasteiger partial charge in [0, 0.05) is 17.4 Å². The van der Waals surface area contributed by atoms with Gasteiger partial charge < -0.3 is 5.32 Å². The number of nitrogens with one attached hydrogen (secondary N) is 1. The molecule has 222 valence electrons. The van der Waals surface area contributed by atoms with Gasteiger partial charge in [-0.2, -0.15) is 26.3 Å². The van der Waals surface area contributed by atoms with Crippen molar-refractivity contribution in [3.8, 4) is 17.1 Å². The summed E-state index contributed by atoms with van der Waals surface area (Å²) >= 11 is 12.1. The lowest BCUT2D eigenvalue weighted by molar-refractivity contribution is -0.198. The Labute approximate surface area is 242 Å². The molecule has 1 fully saturated rings. The molecule has 9 nitrogen and oxygen atoms in total. The number of alkyl halides is 6. The summed E-state index contributed by atoms with van der Waals surface area (Å²) in [6.45, 7) is -1.48. The number of benzene rings is 1. The van der Waals surface area contributed by atoms with E-state index in [0.29, 0.717) is 5.02 Å². The molecule has 3 heterocycles. The van der Waals surface area contributed by atoms with Gasteiger partial charge in [-0.05, 0) is 42.7 Å². The number of hydrogen-bond acceptors (Lipinski definition) is 5. The van der Waals surface area contributed by atoms with E-state index in [9.17, 15) is 35.9 Å². The summed E-state index contributed by atoms with van der Waals surface area (Å²) in [4.78, 5) is 34.1. The van der Waals surface area contributed by atoms with Gasteiger partial charge in [0.1, 0.15) is 17.8 Å². The van der Waals surface area contributed by atoms with E-state index in [4.69, 9.17) is 23.2 Å². The number of carbonyl (C=O) groups excluding carboxylic acids is 1. The second-order valence-electron chi connectivity index (χ2n) is 9.60. The zero-order valence-corrected chi connectivity index (χ0v) is 22.6. The minimum Gasteiger partial charge on any atom is -0.342 e. The molecule has 4 aromatic rings. The molecule has 1 amide bonds. The summed E-state index contributed by atoms with van der Waals surface area (Å²) < 4.78 is 85.4. The van der Waals surface area contributed by atoms with E-state index in [1.54, 1.807) is 12.1 Å². The van der Waals surface area contributed by atoms with E-state index in [2.05, 4.69) is 15.1 Å². The van der Waals surface area contributed by atoms with Crippen LogP contribution in [-0.4, -0.2) is 53.2 Å². The highest BCUT2D eigenvalue weighted by atomic mass is 35.5. The first-order chi connectivity index (χ1) is 19.7. The van der Waals surface area contributed by atoms with E-state index >= 15 is 0 Å². The number of imidazole rings is 1. The predicted molar refractivity (Wildman–Crippen MR) is 138 cm³/mol. The molecule has 0 radical (unpaired) electrons. The maximum absolute atomic E-state index is 14.1. The molecule has 1 unspecified atom stereocenters. The zero-order valence-electron chi connectivity index (χ0n) is 21.1. The Morgan fingerprint density at radius 1 is 1.05 bits per heavy atom. The topological polar surface area (TPSA) is 99.6 Å². The summed E-state index contributed by atoms with van der Waals surface area (Å²) in [6.07, 6.45) is -7.43. The second kappa shape index (κ2) is 10.8. The molecule has 1 N–H and O–H groups in total. The Morgan fingerprint density at radius 3 is 2.33 bits per heavy atom. The van der Waals surface area contributed by atoms with Crippen LogP contribution in [0.25, 0.3) is 17.1 Å². The van der Waals surface area contributed by atoms with Crippen LogP contribution in [-0.2, 0) is 17.9 Å². The van der Waals surface area contributed by atoms with Crippen molar-refractivity contribution in [1.29, 1.82) is 0 Å². The summed E-state index contributed by atoms with van der Waals surface area (Å²) in [5.74, 6) is -1.46. The van der Waals surface area contributed by atoms with E-state index < -0.39 is 54.8 Å². The highest BCUT2D eigenvalue weighted by Gasteiger charge is 2.69. The molecule has 1 aliphatic carbocycles. The number of amides is 1. The molecule has 0 spiro atoms. The van der Waals surface area contributed by atoms with Gasteiger partial charge in [0.25, 0.3) is 0 Å². The molecule has 17 heteroatoms. The standard InChI is InChI=1S/C25H19Cl2F6N7O2/c26-15-5-3-14(4-6-15)17-10-38(12-19-35-13-40(37-19)20-16(27)2-1-9-34-20)22(42)39(17)11-18(24(28,29)30)36-21(41)23(7-8-23)25(31,32)33/h1-6,9-10,13,18H,7-8,11-12H2,(H,36,41). The van der Waals surface area contributed by atoms with Crippen molar-refractivity contribution in [3.05, 3.63) is 81.5 Å². The molecule has 0 bridgehead atoms. The highest BCUT2D eigenvalue weighted by Crippen LogP contribution is 2.57. The minimum absolute atomic E-state index is 0.00988. The maximum Gasteiger partial charge on any atom is 0.410 e. The monoisotopic (exact) mass is 633 g/mol. The van der Waals surface area contributed by atoms with Gasteiger partial charge >= 0.3 is 18.0 Å². The molecule has 1 aromatic carbocycles. The zero-order chi connectivity index (χ0) is 30.4. The fourth-order valence-corrected chi connectivity index (χ4v) is 4.65. The van der Waals surface area contributed by atoms with Gasteiger partial charge in [0.15, 0.2) is 11.6 Å². The normalized spacial score (nSPS) is 15.4. The number of nitrogens with zero attached hydrogens (tertiary/aromatic N) is 6. The number of halogens is 8. The Hall–Kier alpha value is -3.85.